The smallest absolute Gasteiger partial charge is 0.321 e. The van der Waals surface area contributed by atoms with Gasteiger partial charge in [-0.25, -0.2) is 9.37 Å². The molecule has 0 aliphatic carbocycles. The lowest BCUT2D eigenvalue weighted by Gasteiger charge is -2.29. The number of halogens is 3. The number of hydrogen-bond acceptors (Lipinski definition) is 3. The highest BCUT2D eigenvalue weighted by molar-refractivity contribution is 5.98. The third kappa shape index (κ3) is 4.25. The minimum atomic E-state index is -3.57. The van der Waals surface area contributed by atoms with Gasteiger partial charge in [0.05, 0.1) is 29.0 Å². The standard InChI is InChI=1S/C26H21F3N4O2/c1-26(28,29)25(35)31-20-13-22(34)33(24(20)17-5-3-2-4-6-17)19-11-12-21-23(30-15-32(21)14-19)16-7-9-18(27)10-8-16/h2-12,14-15,20,24H,13H2,1H3,(H,31,35)/t20-,24+/m1/s1. The zero-order valence-electron chi connectivity index (χ0n) is 18.7. The Labute approximate surface area is 199 Å². The summed E-state index contributed by atoms with van der Waals surface area (Å²) in [5, 5.41) is 2.36. The molecule has 35 heavy (non-hydrogen) atoms. The third-order valence-corrected chi connectivity index (χ3v) is 6.09. The Morgan fingerprint density at radius 1 is 1.06 bits per heavy atom. The van der Waals surface area contributed by atoms with E-state index in [9.17, 15) is 22.8 Å². The first-order chi connectivity index (χ1) is 16.7. The van der Waals surface area contributed by atoms with Gasteiger partial charge < -0.3 is 14.6 Å². The van der Waals surface area contributed by atoms with Crippen LogP contribution in [0.25, 0.3) is 16.8 Å². The second-order valence-corrected chi connectivity index (χ2v) is 8.57. The van der Waals surface area contributed by atoms with Gasteiger partial charge in [0, 0.05) is 25.1 Å². The summed E-state index contributed by atoms with van der Waals surface area (Å²) in [5.41, 5.74) is 3.38. The lowest BCUT2D eigenvalue weighted by molar-refractivity contribution is -0.143. The van der Waals surface area contributed by atoms with Gasteiger partial charge in [-0.1, -0.05) is 30.3 Å². The van der Waals surface area contributed by atoms with Crippen molar-refractivity contribution >= 4 is 23.0 Å². The van der Waals surface area contributed by atoms with E-state index in [2.05, 4.69) is 10.3 Å². The highest BCUT2D eigenvalue weighted by atomic mass is 19.3. The van der Waals surface area contributed by atoms with Crippen LogP contribution in [0.15, 0.2) is 79.3 Å². The van der Waals surface area contributed by atoms with Crippen molar-refractivity contribution in [1.82, 2.24) is 14.7 Å². The van der Waals surface area contributed by atoms with E-state index in [0.717, 1.165) is 11.1 Å². The van der Waals surface area contributed by atoms with Crippen LogP contribution in [0, 0.1) is 5.82 Å². The average Bonchev–Trinajstić information content (AvgIpc) is 3.39. The number of rotatable bonds is 5. The van der Waals surface area contributed by atoms with Crippen molar-refractivity contribution in [3.05, 3.63) is 90.6 Å². The van der Waals surface area contributed by atoms with Crippen LogP contribution in [0.3, 0.4) is 0 Å². The second kappa shape index (κ2) is 8.57. The fraction of sp³-hybridized carbons (Fsp3) is 0.192. The molecule has 1 fully saturated rings. The van der Waals surface area contributed by atoms with Gasteiger partial charge in [-0.05, 0) is 42.0 Å². The summed E-state index contributed by atoms with van der Waals surface area (Å²) in [5.74, 6) is -5.64. The number of nitrogens with one attached hydrogen (secondary N) is 1. The first-order valence-electron chi connectivity index (χ1n) is 11.0. The van der Waals surface area contributed by atoms with E-state index in [1.54, 1.807) is 65.5 Å². The van der Waals surface area contributed by atoms with Crippen LogP contribution in [0.2, 0.25) is 0 Å². The number of hydrogen-bond donors (Lipinski definition) is 1. The molecule has 0 radical (unpaired) electrons. The maximum absolute atomic E-state index is 13.6. The fourth-order valence-corrected chi connectivity index (χ4v) is 4.46. The molecule has 1 aliphatic rings. The van der Waals surface area contributed by atoms with Crippen LogP contribution in [-0.2, 0) is 9.59 Å². The maximum atomic E-state index is 13.6. The molecule has 2 amide bonds. The molecule has 2 aromatic heterocycles. The Morgan fingerprint density at radius 2 is 1.77 bits per heavy atom. The number of carbonyl (C=O) groups is 2. The highest BCUT2D eigenvalue weighted by Gasteiger charge is 2.45. The average molecular weight is 478 g/mol. The molecule has 178 valence electrons. The van der Waals surface area contributed by atoms with E-state index in [-0.39, 0.29) is 18.1 Å². The predicted molar refractivity (Wildman–Crippen MR) is 124 cm³/mol. The molecule has 1 saturated heterocycles. The summed E-state index contributed by atoms with van der Waals surface area (Å²) >= 11 is 0. The Hall–Kier alpha value is -4.14. The fourth-order valence-electron chi connectivity index (χ4n) is 4.46. The van der Waals surface area contributed by atoms with Crippen molar-refractivity contribution in [3.8, 4) is 11.3 Å². The minimum absolute atomic E-state index is 0.121. The van der Waals surface area contributed by atoms with Crippen molar-refractivity contribution in [3.63, 3.8) is 0 Å². The number of pyridine rings is 1. The zero-order valence-corrected chi connectivity index (χ0v) is 18.7. The Balaban J connectivity index is 1.53. The topological polar surface area (TPSA) is 66.7 Å². The Kier molecular flexibility index (Phi) is 5.55. The van der Waals surface area contributed by atoms with Crippen molar-refractivity contribution in [1.29, 1.82) is 0 Å². The van der Waals surface area contributed by atoms with Gasteiger partial charge >= 0.3 is 5.92 Å². The van der Waals surface area contributed by atoms with Crippen molar-refractivity contribution in [2.45, 2.75) is 31.4 Å². The molecule has 1 aliphatic heterocycles. The molecule has 1 N–H and O–H groups in total. The van der Waals surface area contributed by atoms with Crippen LogP contribution >= 0.6 is 0 Å². The molecule has 0 spiro atoms. The zero-order chi connectivity index (χ0) is 24.7. The Morgan fingerprint density at radius 3 is 2.46 bits per heavy atom. The molecular weight excluding hydrogens is 457 g/mol. The van der Waals surface area contributed by atoms with Crippen molar-refractivity contribution in [2.24, 2.45) is 0 Å². The maximum Gasteiger partial charge on any atom is 0.321 e. The monoisotopic (exact) mass is 478 g/mol. The number of amides is 2. The lowest BCUT2D eigenvalue weighted by atomic mass is 9.99. The summed E-state index contributed by atoms with van der Waals surface area (Å²) in [6, 6.07) is 17.0. The minimum Gasteiger partial charge on any atom is -0.345 e. The van der Waals surface area contributed by atoms with Gasteiger partial charge in [0.2, 0.25) is 5.91 Å². The number of carbonyl (C=O) groups excluding carboxylic acids is 2. The van der Waals surface area contributed by atoms with E-state index in [1.165, 1.54) is 17.0 Å². The summed E-state index contributed by atoms with van der Waals surface area (Å²) in [7, 11) is 0. The van der Waals surface area contributed by atoms with E-state index in [1.807, 2.05) is 6.07 Å². The van der Waals surface area contributed by atoms with Gasteiger partial charge in [-0.2, -0.15) is 8.78 Å². The van der Waals surface area contributed by atoms with Crippen molar-refractivity contribution in [2.75, 3.05) is 4.90 Å². The first-order valence-corrected chi connectivity index (χ1v) is 11.0. The first kappa shape index (κ1) is 22.6. The number of imidazole rings is 1. The molecule has 2 atom stereocenters. The quantitative estimate of drug-likeness (QED) is 0.450. The summed E-state index contributed by atoms with van der Waals surface area (Å²) in [6.45, 7) is 0.528. The molecule has 2 aromatic carbocycles. The molecule has 0 saturated carbocycles. The molecule has 6 nitrogen and oxygen atoms in total. The third-order valence-electron chi connectivity index (χ3n) is 6.09. The van der Waals surface area contributed by atoms with Gasteiger partial charge in [0.25, 0.3) is 5.91 Å². The number of nitrogens with zero attached hydrogens (tertiary/aromatic N) is 3. The number of benzene rings is 2. The summed E-state index contributed by atoms with van der Waals surface area (Å²) in [6.07, 6.45) is 3.19. The van der Waals surface area contributed by atoms with Crippen LogP contribution in [0.4, 0.5) is 18.9 Å². The molecule has 9 heteroatoms. The SMILES string of the molecule is CC(F)(F)C(=O)N[C@@H]1CC(=O)N(c2ccc3c(-c4ccc(F)cc4)ncn3c2)[C@H]1c1ccccc1. The summed E-state index contributed by atoms with van der Waals surface area (Å²) in [4.78, 5) is 31.1. The second-order valence-electron chi connectivity index (χ2n) is 8.57. The van der Waals surface area contributed by atoms with Gasteiger partial charge in [0.15, 0.2) is 0 Å². The normalized spacial score (nSPS) is 18.3. The van der Waals surface area contributed by atoms with Crippen LogP contribution in [-0.4, -0.2) is 33.2 Å². The molecule has 4 aromatic rings. The van der Waals surface area contributed by atoms with Crippen LogP contribution < -0.4 is 10.2 Å². The molecular formula is C26H21F3N4O2. The largest absolute Gasteiger partial charge is 0.345 e. The highest BCUT2D eigenvalue weighted by Crippen LogP contribution is 2.38. The molecule has 0 bridgehead atoms. The number of anilines is 1. The lowest BCUT2D eigenvalue weighted by Crippen LogP contribution is -2.46. The number of fused-ring (bicyclic) bond motifs is 1. The summed E-state index contributed by atoms with van der Waals surface area (Å²) < 4.78 is 42.3. The Bertz CT molecular complexity index is 1400. The van der Waals surface area contributed by atoms with Gasteiger partial charge in [-0.15, -0.1) is 0 Å². The predicted octanol–water partition coefficient (Wildman–Crippen LogP) is 4.76. The number of alkyl halides is 2. The number of aromatic nitrogens is 2. The molecule has 3 heterocycles. The molecule has 5 rings (SSSR count). The van der Waals surface area contributed by atoms with E-state index in [0.29, 0.717) is 23.9 Å². The van der Waals surface area contributed by atoms with E-state index < -0.39 is 23.9 Å². The van der Waals surface area contributed by atoms with Gasteiger partial charge in [0.1, 0.15) is 12.1 Å². The van der Waals surface area contributed by atoms with Gasteiger partial charge in [-0.3, -0.25) is 9.59 Å². The van der Waals surface area contributed by atoms with E-state index >= 15 is 0 Å². The molecule has 0 unspecified atom stereocenters. The van der Waals surface area contributed by atoms with Crippen LogP contribution in [0.5, 0.6) is 0 Å². The van der Waals surface area contributed by atoms with Crippen LogP contribution in [0.1, 0.15) is 24.9 Å². The van der Waals surface area contributed by atoms with Crippen molar-refractivity contribution < 1.29 is 22.8 Å². The van der Waals surface area contributed by atoms with E-state index in [4.69, 9.17) is 0 Å².